The van der Waals surface area contributed by atoms with Crippen LogP contribution in [0.15, 0.2) is 4.99 Å². The molecule has 0 atom stereocenters. The molecule has 0 saturated carbocycles. The number of benzene rings is 2. The van der Waals surface area contributed by atoms with Crippen molar-refractivity contribution < 1.29 is 32.2 Å². The van der Waals surface area contributed by atoms with Crippen LogP contribution in [-0.2, 0) is 0 Å². The molecule has 3 nitrogen and oxygen atoms in total. The van der Waals surface area contributed by atoms with Crippen molar-refractivity contribution in [2.24, 2.45) is 4.99 Å². The molecule has 0 aliphatic carbocycles. The summed E-state index contributed by atoms with van der Waals surface area (Å²) in [5.41, 5.74) is -0.915. The molecule has 0 amide bonds. The third kappa shape index (κ3) is 1.68. The van der Waals surface area contributed by atoms with E-state index in [1.807, 2.05) is 0 Å². The van der Waals surface area contributed by atoms with Crippen molar-refractivity contribution in [1.29, 1.82) is 0 Å². The summed E-state index contributed by atoms with van der Waals surface area (Å²) in [7, 11) is 0. The Kier molecular flexibility index (Phi) is 3.24. The molecule has 20 heavy (non-hydrogen) atoms. The topological polar surface area (TPSA) is 52.8 Å². The molecule has 0 unspecified atom stereocenters. The Balaban J connectivity index is 3.17. The number of hydrogen-bond donors (Lipinski definition) is 2. The minimum Gasteiger partial charge on any atom is -0.505 e. The summed E-state index contributed by atoms with van der Waals surface area (Å²) in [6, 6.07) is 0. The Labute approximate surface area is 108 Å². The molecule has 2 aromatic carbocycles. The Morgan fingerprint density at radius 1 is 0.750 bits per heavy atom. The third-order valence-corrected chi connectivity index (χ3v) is 2.64. The molecule has 0 bridgehead atoms. The molecule has 0 fully saturated rings. The first-order valence-corrected chi connectivity index (χ1v) is 5.20. The second-order valence-corrected chi connectivity index (χ2v) is 3.75. The number of halogens is 5. The van der Waals surface area contributed by atoms with Crippen molar-refractivity contribution >= 4 is 22.7 Å². The quantitative estimate of drug-likeness (QED) is 0.277. The van der Waals surface area contributed by atoms with Gasteiger partial charge in [0, 0.05) is 6.21 Å². The molecule has 2 rings (SSSR count). The molecule has 0 spiro atoms. The largest absolute Gasteiger partial charge is 0.505 e. The molecule has 0 saturated heterocycles. The summed E-state index contributed by atoms with van der Waals surface area (Å²) in [6.45, 7) is 1.32. The first kappa shape index (κ1) is 14.0. The van der Waals surface area contributed by atoms with E-state index in [0.717, 1.165) is 6.21 Å². The normalized spacial score (nSPS) is 11.7. The molecule has 0 radical (unpaired) electrons. The van der Waals surface area contributed by atoms with Crippen LogP contribution in [0.2, 0.25) is 0 Å². The van der Waals surface area contributed by atoms with Gasteiger partial charge in [-0.15, -0.1) is 0 Å². The van der Waals surface area contributed by atoms with Crippen LogP contribution in [0.3, 0.4) is 0 Å². The lowest BCUT2D eigenvalue weighted by Gasteiger charge is -2.11. The van der Waals surface area contributed by atoms with Crippen LogP contribution in [0.4, 0.5) is 27.6 Å². The van der Waals surface area contributed by atoms with Gasteiger partial charge in [-0.3, -0.25) is 4.99 Å². The lowest BCUT2D eigenvalue weighted by Crippen LogP contribution is -2.00. The van der Waals surface area contributed by atoms with E-state index in [-0.39, 0.29) is 0 Å². The van der Waals surface area contributed by atoms with Crippen molar-refractivity contribution in [3.63, 3.8) is 0 Å². The predicted octanol–water partition coefficient (Wildman–Crippen LogP) is 3.67. The van der Waals surface area contributed by atoms with Gasteiger partial charge in [-0.2, -0.15) is 0 Å². The van der Waals surface area contributed by atoms with Crippen molar-refractivity contribution in [3.05, 3.63) is 29.1 Å². The second kappa shape index (κ2) is 4.62. The monoisotopic (exact) mass is 291 g/mol. The fourth-order valence-electron chi connectivity index (χ4n) is 1.77. The fraction of sp³-hybridized carbons (Fsp3) is 0.0833. The van der Waals surface area contributed by atoms with Crippen LogP contribution in [0.1, 0.15) is 6.92 Å². The molecule has 0 aromatic heterocycles. The molecule has 106 valence electrons. The van der Waals surface area contributed by atoms with Gasteiger partial charge in [0.15, 0.2) is 40.6 Å². The number of fused-ring (bicyclic) bond motifs is 1. The smallest absolute Gasteiger partial charge is 0.198 e. The summed E-state index contributed by atoms with van der Waals surface area (Å²) < 4.78 is 67.0. The third-order valence-electron chi connectivity index (χ3n) is 2.64. The van der Waals surface area contributed by atoms with E-state index in [9.17, 15) is 32.2 Å². The van der Waals surface area contributed by atoms with Crippen LogP contribution >= 0.6 is 0 Å². The maximum Gasteiger partial charge on any atom is 0.198 e. The molecular weight excluding hydrogens is 285 g/mol. The average molecular weight is 291 g/mol. The SMILES string of the molecule is CC=Nc1c(F)c(O)c2c(F)c(F)c(F)c(F)c2c1O. The van der Waals surface area contributed by atoms with Gasteiger partial charge in [-0.05, 0) is 6.92 Å². The van der Waals surface area contributed by atoms with E-state index in [0.29, 0.717) is 0 Å². The molecule has 0 aliphatic rings. The highest BCUT2D eigenvalue weighted by Crippen LogP contribution is 2.46. The lowest BCUT2D eigenvalue weighted by atomic mass is 10.0. The zero-order chi connectivity index (χ0) is 15.2. The highest BCUT2D eigenvalue weighted by Gasteiger charge is 2.29. The number of phenolic OH excluding ortho intramolecular Hbond substituents is 2. The minimum atomic E-state index is -2.23. The van der Waals surface area contributed by atoms with E-state index in [1.165, 1.54) is 6.92 Å². The van der Waals surface area contributed by atoms with Gasteiger partial charge >= 0.3 is 0 Å². The van der Waals surface area contributed by atoms with Gasteiger partial charge in [0.05, 0.1) is 10.8 Å². The Morgan fingerprint density at radius 2 is 1.20 bits per heavy atom. The summed E-state index contributed by atoms with van der Waals surface area (Å²) >= 11 is 0. The fourth-order valence-corrected chi connectivity index (χ4v) is 1.77. The lowest BCUT2D eigenvalue weighted by molar-refractivity contribution is 0.402. The number of aliphatic imine (C=N–C) groups is 1. The molecular formula is C12H6F5NO2. The van der Waals surface area contributed by atoms with E-state index >= 15 is 0 Å². The predicted molar refractivity (Wildman–Crippen MR) is 60.9 cm³/mol. The first-order chi connectivity index (χ1) is 9.32. The minimum absolute atomic E-state index is 0.915. The van der Waals surface area contributed by atoms with E-state index in [2.05, 4.69) is 4.99 Å². The van der Waals surface area contributed by atoms with Crippen LogP contribution in [0, 0.1) is 29.1 Å². The highest BCUT2D eigenvalue weighted by atomic mass is 19.2. The second-order valence-electron chi connectivity index (χ2n) is 3.75. The standard InChI is InChI=1S/C12H6F5NO2/c1-2-18-10-9(17)11(19)3-4(12(10)20)6(14)8(16)7(15)5(3)13/h2,19-20H,1H3. The van der Waals surface area contributed by atoms with Gasteiger partial charge in [0.1, 0.15) is 5.69 Å². The van der Waals surface area contributed by atoms with E-state index in [4.69, 9.17) is 0 Å². The van der Waals surface area contributed by atoms with Crippen LogP contribution in [0.5, 0.6) is 11.5 Å². The van der Waals surface area contributed by atoms with Crippen molar-refractivity contribution in [2.45, 2.75) is 6.92 Å². The number of aromatic hydroxyl groups is 2. The summed E-state index contributed by atoms with van der Waals surface area (Å²) in [6.07, 6.45) is 0.998. The number of rotatable bonds is 1. The summed E-state index contributed by atoms with van der Waals surface area (Å²) in [5.74, 6) is -12.7. The van der Waals surface area contributed by atoms with E-state index < -0.39 is 57.0 Å². The Bertz CT molecular complexity index is 758. The maximum atomic E-state index is 13.7. The van der Waals surface area contributed by atoms with Gasteiger partial charge in [-0.25, -0.2) is 22.0 Å². The highest BCUT2D eigenvalue weighted by molar-refractivity contribution is 5.98. The molecule has 0 heterocycles. The first-order valence-electron chi connectivity index (χ1n) is 5.20. The van der Waals surface area contributed by atoms with E-state index in [1.54, 1.807) is 0 Å². The van der Waals surface area contributed by atoms with Crippen molar-refractivity contribution in [2.75, 3.05) is 0 Å². The average Bonchev–Trinajstić information content (AvgIpc) is 2.42. The number of phenols is 2. The maximum absolute atomic E-state index is 13.7. The van der Waals surface area contributed by atoms with Crippen LogP contribution in [-0.4, -0.2) is 16.4 Å². The van der Waals surface area contributed by atoms with Gasteiger partial charge < -0.3 is 10.2 Å². The Morgan fingerprint density at radius 3 is 1.65 bits per heavy atom. The molecule has 8 heteroatoms. The zero-order valence-corrected chi connectivity index (χ0v) is 9.81. The van der Waals surface area contributed by atoms with Crippen LogP contribution in [0.25, 0.3) is 10.8 Å². The van der Waals surface area contributed by atoms with Crippen LogP contribution < -0.4 is 0 Å². The molecule has 0 aliphatic heterocycles. The summed E-state index contributed by atoms with van der Waals surface area (Å²) in [4.78, 5) is 3.32. The molecule has 2 aromatic rings. The number of nitrogens with zero attached hydrogens (tertiary/aromatic N) is 1. The summed E-state index contributed by atoms with van der Waals surface area (Å²) in [5, 5.41) is 16.6. The van der Waals surface area contributed by atoms with Gasteiger partial charge in [0.2, 0.25) is 0 Å². The number of hydrogen-bond acceptors (Lipinski definition) is 3. The van der Waals surface area contributed by atoms with Gasteiger partial charge in [0.25, 0.3) is 0 Å². The van der Waals surface area contributed by atoms with Crippen molar-refractivity contribution in [1.82, 2.24) is 0 Å². The molecule has 2 N–H and O–H groups in total. The van der Waals surface area contributed by atoms with Crippen molar-refractivity contribution in [3.8, 4) is 11.5 Å². The zero-order valence-electron chi connectivity index (χ0n) is 9.81. The van der Waals surface area contributed by atoms with Gasteiger partial charge in [-0.1, -0.05) is 0 Å². The Hall–Kier alpha value is -2.38.